The van der Waals surface area contributed by atoms with Crippen LogP contribution >= 0.6 is 0 Å². The third-order valence-corrected chi connectivity index (χ3v) is 19.8. The summed E-state index contributed by atoms with van der Waals surface area (Å²) in [4.78, 5) is 47.3. The van der Waals surface area contributed by atoms with Crippen molar-refractivity contribution < 1.29 is 82.5 Å². The van der Waals surface area contributed by atoms with E-state index >= 15 is 14.4 Å². The van der Waals surface area contributed by atoms with Gasteiger partial charge in [0.2, 0.25) is 0 Å². The average Bonchev–Trinajstić information content (AvgIpc) is 3.30. The molecule has 0 N–H and O–H groups in total. The van der Waals surface area contributed by atoms with E-state index in [9.17, 15) is 0 Å². The van der Waals surface area contributed by atoms with Crippen LogP contribution < -0.4 is 17.1 Å². The summed E-state index contributed by atoms with van der Waals surface area (Å²) < 4.78 is 110. The molecule has 1 rings (SSSR count). The highest BCUT2D eigenvalue weighted by molar-refractivity contribution is 6.62. The maximum absolute atomic E-state index is 15.8. The lowest BCUT2D eigenvalue weighted by Gasteiger charge is -2.39. The molecule has 0 aliphatic carbocycles. The SMILES string of the molecule is CCC(n1c(=O)n(C(CC)[Si](OCCOC)(OCCOC)OCCOC)c(=O)n(C(CC)[Si](OCCOC)(OCCOC)OCCOC)c1=O)[Si](OCCOC)(OCCOC)OCCOC. The topological polar surface area (TPSA) is 232 Å². The van der Waals surface area contributed by atoms with E-state index in [-0.39, 0.29) is 138 Å². The third kappa shape index (κ3) is 18.6. The minimum Gasteiger partial charge on any atom is -0.382 e. The highest BCUT2D eigenvalue weighted by Crippen LogP contribution is 2.32. The van der Waals surface area contributed by atoms with Crippen molar-refractivity contribution in [3.63, 3.8) is 0 Å². The standard InChI is InChI=1S/C39H81N3O21Si3/c1-13-34(64(55-25-16-46-4,56-26-17-47-5)57-27-18-48-6)40-37(43)41(35(14-2)65(58-28-19-49-7,59-29-20-50-8)60-30-21-51-9)39(45)42(38(40)44)36(15-3)66(61-31-22-52-10,62-32-23-53-11)63-33-24-54-12/h34-36H,13-33H2,1-12H3. The lowest BCUT2D eigenvalue weighted by molar-refractivity contribution is -0.00298. The van der Waals surface area contributed by atoms with Crippen LogP contribution in [0.25, 0.3) is 0 Å². The van der Waals surface area contributed by atoms with Crippen LogP contribution in [0.1, 0.15) is 57.0 Å². The predicted octanol–water partition coefficient (Wildman–Crippen LogP) is 0.426. The second kappa shape index (κ2) is 36.3. The third-order valence-electron chi connectivity index (χ3n) is 9.87. The van der Waals surface area contributed by atoms with Crippen molar-refractivity contribution in [3.05, 3.63) is 31.5 Å². The molecule has 27 heteroatoms. The molecule has 0 radical (unpaired) electrons. The van der Waals surface area contributed by atoms with Crippen molar-refractivity contribution in [2.24, 2.45) is 0 Å². The summed E-state index contributed by atoms with van der Waals surface area (Å²) >= 11 is 0. The van der Waals surface area contributed by atoms with Crippen LogP contribution in [-0.4, -0.2) is 223 Å². The fourth-order valence-electron chi connectivity index (χ4n) is 6.81. The first-order chi connectivity index (χ1) is 32.0. The van der Waals surface area contributed by atoms with E-state index in [2.05, 4.69) is 0 Å². The number of nitrogens with zero attached hydrogens (tertiary/aromatic N) is 3. The minimum absolute atomic E-state index is 0.0310. The molecule has 0 aliphatic heterocycles. The molecule has 0 amide bonds. The Balaban J connectivity index is 4.95. The summed E-state index contributed by atoms with van der Waals surface area (Å²) in [5, 5.41) is 0. The second-order valence-electron chi connectivity index (χ2n) is 14.1. The van der Waals surface area contributed by atoms with Gasteiger partial charge in [-0.1, -0.05) is 20.8 Å². The summed E-state index contributed by atoms with van der Waals surface area (Å²) in [7, 11) is 0.558. The molecule has 3 atom stereocenters. The fraction of sp³-hybridized carbons (Fsp3) is 0.923. The van der Waals surface area contributed by atoms with Gasteiger partial charge < -0.3 is 82.5 Å². The molecule has 0 spiro atoms. The number of rotatable bonds is 45. The smallest absolute Gasteiger partial charge is 0.382 e. The Labute approximate surface area is 393 Å². The second-order valence-corrected chi connectivity index (χ2v) is 22.3. The Morgan fingerprint density at radius 1 is 0.288 bits per heavy atom. The zero-order chi connectivity index (χ0) is 49.3. The van der Waals surface area contributed by atoms with Gasteiger partial charge in [-0.15, -0.1) is 0 Å². The molecule has 3 unspecified atom stereocenters. The first-order valence-electron chi connectivity index (χ1n) is 22.1. The quantitative estimate of drug-likeness (QED) is 0.0637. The molecular weight excluding hydrogens is 931 g/mol. The Morgan fingerprint density at radius 3 is 0.530 bits per heavy atom. The number of ether oxygens (including phenoxy) is 9. The molecule has 0 saturated carbocycles. The Morgan fingerprint density at radius 2 is 0.424 bits per heavy atom. The summed E-state index contributed by atoms with van der Waals surface area (Å²) in [5.74, 6) is 0. The Bertz CT molecular complexity index is 1270. The molecule has 66 heavy (non-hydrogen) atoms. The van der Waals surface area contributed by atoms with Crippen LogP contribution in [0.5, 0.6) is 0 Å². The van der Waals surface area contributed by atoms with Gasteiger partial charge in [0.1, 0.15) is 17.0 Å². The summed E-state index contributed by atoms with van der Waals surface area (Å²) in [5.41, 5.74) is -6.96. The van der Waals surface area contributed by atoms with Crippen LogP contribution in [0, 0.1) is 0 Å². The molecular formula is C39H81N3O21Si3. The van der Waals surface area contributed by atoms with Gasteiger partial charge in [-0.25, -0.2) is 28.1 Å². The van der Waals surface area contributed by atoms with Crippen molar-refractivity contribution in [1.29, 1.82) is 0 Å². The van der Waals surface area contributed by atoms with Gasteiger partial charge in [0.15, 0.2) is 0 Å². The monoisotopic (exact) mass is 1010 g/mol. The predicted molar refractivity (Wildman–Crippen MR) is 245 cm³/mol. The van der Waals surface area contributed by atoms with Gasteiger partial charge >= 0.3 is 43.5 Å². The largest absolute Gasteiger partial charge is 0.525 e. The maximum Gasteiger partial charge on any atom is 0.525 e. The lowest BCUT2D eigenvalue weighted by atomic mass is 10.4. The van der Waals surface area contributed by atoms with Crippen molar-refractivity contribution in [2.75, 3.05) is 183 Å². The molecule has 0 saturated heterocycles. The summed E-state index contributed by atoms with van der Waals surface area (Å²) in [6, 6.07) is 0. The van der Waals surface area contributed by atoms with E-state index in [1.807, 2.05) is 0 Å². The number of aromatic nitrogens is 3. The zero-order valence-electron chi connectivity index (χ0n) is 41.5. The van der Waals surface area contributed by atoms with Gasteiger partial charge in [0, 0.05) is 64.0 Å². The highest BCUT2D eigenvalue weighted by Gasteiger charge is 2.57. The van der Waals surface area contributed by atoms with E-state index < -0.39 is 60.5 Å². The number of hydrogen-bond donors (Lipinski definition) is 0. The van der Waals surface area contributed by atoms with Gasteiger partial charge in [0.05, 0.1) is 119 Å². The molecule has 1 aromatic heterocycles. The Kier molecular flexibility index (Phi) is 34.3. The first kappa shape index (κ1) is 62.4. The van der Waals surface area contributed by atoms with E-state index in [1.165, 1.54) is 64.0 Å². The van der Waals surface area contributed by atoms with Crippen molar-refractivity contribution in [2.45, 2.75) is 57.0 Å². The molecule has 390 valence electrons. The van der Waals surface area contributed by atoms with Crippen LogP contribution in [0.15, 0.2) is 14.4 Å². The molecule has 1 aromatic rings. The van der Waals surface area contributed by atoms with Crippen LogP contribution in [0.2, 0.25) is 0 Å². The molecule has 0 aromatic carbocycles. The van der Waals surface area contributed by atoms with E-state index in [4.69, 9.17) is 82.5 Å². The maximum atomic E-state index is 15.8. The highest BCUT2D eigenvalue weighted by atomic mass is 28.4. The van der Waals surface area contributed by atoms with Gasteiger partial charge in [-0.2, -0.15) is 0 Å². The van der Waals surface area contributed by atoms with E-state index in [0.717, 1.165) is 13.7 Å². The zero-order valence-corrected chi connectivity index (χ0v) is 44.5. The van der Waals surface area contributed by atoms with Crippen LogP contribution in [0.4, 0.5) is 0 Å². The number of hydrogen-bond acceptors (Lipinski definition) is 21. The summed E-state index contributed by atoms with van der Waals surface area (Å²) in [6.07, 6.45) is 0.0931. The van der Waals surface area contributed by atoms with Gasteiger partial charge in [-0.05, 0) is 19.3 Å². The van der Waals surface area contributed by atoms with E-state index in [1.54, 1.807) is 20.8 Å². The lowest BCUT2D eigenvalue weighted by Crippen LogP contribution is -2.68. The first-order valence-corrected chi connectivity index (χ1v) is 27.6. The average molecular weight is 1010 g/mol. The van der Waals surface area contributed by atoms with Crippen LogP contribution in [-0.2, 0) is 82.5 Å². The molecule has 1 heterocycles. The van der Waals surface area contributed by atoms with Crippen molar-refractivity contribution >= 4 is 26.4 Å². The van der Waals surface area contributed by atoms with Gasteiger partial charge in [0.25, 0.3) is 0 Å². The number of methoxy groups -OCH3 is 9. The summed E-state index contributed by atoms with van der Waals surface area (Å²) in [6.45, 7) is 5.74. The fourth-order valence-corrected chi connectivity index (χ4v) is 15.7. The van der Waals surface area contributed by atoms with Crippen molar-refractivity contribution in [1.82, 2.24) is 13.7 Å². The Hall–Kier alpha value is -1.66. The van der Waals surface area contributed by atoms with E-state index in [0.29, 0.717) is 0 Å². The van der Waals surface area contributed by atoms with Crippen LogP contribution in [0.3, 0.4) is 0 Å². The normalized spacial score (nSPS) is 14.0. The molecule has 24 nitrogen and oxygen atoms in total. The van der Waals surface area contributed by atoms with Gasteiger partial charge in [-0.3, -0.25) is 0 Å². The molecule has 0 aliphatic rings. The van der Waals surface area contributed by atoms with Crippen molar-refractivity contribution in [3.8, 4) is 0 Å². The molecule has 0 bridgehead atoms. The molecule has 0 fully saturated rings. The minimum atomic E-state index is -4.31.